The number of halogens is 1. The van der Waals surface area contributed by atoms with Crippen LogP contribution in [0, 0.1) is 5.92 Å². The Morgan fingerprint density at radius 1 is 1.43 bits per heavy atom. The Balaban J connectivity index is 2.20. The first-order valence-electron chi connectivity index (χ1n) is 6.87. The van der Waals surface area contributed by atoms with Crippen molar-refractivity contribution in [2.75, 3.05) is 6.54 Å². The van der Waals surface area contributed by atoms with Crippen molar-refractivity contribution in [3.8, 4) is 0 Å². The van der Waals surface area contributed by atoms with Crippen LogP contribution in [-0.2, 0) is 0 Å². The second-order valence-corrected chi connectivity index (χ2v) is 6.07. The molecule has 0 bridgehead atoms. The molecule has 2 rings (SSSR count). The highest BCUT2D eigenvalue weighted by molar-refractivity contribution is 6.34. The van der Waals surface area contributed by atoms with Gasteiger partial charge in [0.2, 0.25) is 0 Å². The maximum absolute atomic E-state index is 12.2. The number of fused-ring (bicyclic) bond motifs is 1. The van der Waals surface area contributed by atoms with E-state index < -0.39 is 5.60 Å². The van der Waals surface area contributed by atoms with Gasteiger partial charge in [0.1, 0.15) is 10.8 Å². The molecule has 1 aromatic carbocycles. The van der Waals surface area contributed by atoms with Crippen LogP contribution in [0.15, 0.2) is 30.3 Å². The Labute approximate surface area is 129 Å². The van der Waals surface area contributed by atoms with Crippen LogP contribution in [-0.4, -0.2) is 28.1 Å². The largest absolute Gasteiger partial charge is 0.388 e. The summed E-state index contributed by atoms with van der Waals surface area (Å²) in [4.78, 5) is 16.3. The van der Waals surface area contributed by atoms with Gasteiger partial charge in [0, 0.05) is 11.9 Å². The lowest BCUT2D eigenvalue weighted by Gasteiger charge is -2.27. The Morgan fingerprint density at radius 3 is 2.76 bits per heavy atom. The quantitative estimate of drug-likeness (QED) is 0.854. The lowest BCUT2D eigenvalue weighted by molar-refractivity contribution is 0.0142. The topological polar surface area (TPSA) is 62.2 Å². The van der Waals surface area contributed by atoms with E-state index in [0.717, 1.165) is 10.8 Å². The van der Waals surface area contributed by atoms with Crippen LogP contribution in [0.1, 0.15) is 31.3 Å². The summed E-state index contributed by atoms with van der Waals surface area (Å²) in [6.45, 7) is 5.66. The van der Waals surface area contributed by atoms with E-state index in [1.54, 1.807) is 13.0 Å². The number of nitrogens with one attached hydrogen (secondary N) is 1. The average Bonchev–Trinajstić information content (AvgIpc) is 2.44. The highest BCUT2D eigenvalue weighted by Crippen LogP contribution is 2.22. The number of rotatable bonds is 4. The molecule has 5 heteroatoms. The number of hydrogen-bond acceptors (Lipinski definition) is 3. The maximum atomic E-state index is 12.2. The van der Waals surface area contributed by atoms with Crippen molar-refractivity contribution in [1.82, 2.24) is 10.3 Å². The number of pyridine rings is 1. The predicted octanol–water partition coefficient (Wildman–Crippen LogP) is 3.03. The molecule has 0 fully saturated rings. The first-order chi connectivity index (χ1) is 9.81. The second-order valence-electron chi connectivity index (χ2n) is 5.71. The number of benzene rings is 1. The van der Waals surface area contributed by atoms with Crippen LogP contribution in [0.2, 0.25) is 5.15 Å². The van der Waals surface area contributed by atoms with Crippen molar-refractivity contribution >= 4 is 28.3 Å². The van der Waals surface area contributed by atoms with E-state index in [1.807, 2.05) is 38.1 Å². The summed E-state index contributed by atoms with van der Waals surface area (Å²) >= 11 is 6.11. The molecule has 0 aliphatic carbocycles. The smallest absolute Gasteiger partial charge is 0.270 e. The molecule has 0 saturated carbocycles. The first kappa shape index (κ1) is 15.7. The van der Waals surface area contributed by atoms with Crippen LogP contribution in [0.3, 0.4) is 0 Å². The molecule has 2 N–H and O–H groups in total. The first-order valence-corrected chi connectivity index (χ1v) is 7.25. The van der Waals surface area contributed by atoms with Crippen LogP contribution < -0.4 is 5.32 Å². The van der Waals surface area contributed by atoms with Crippen molar-refractivity contribution in [1.29, 1.82) is 0 Å². The SMILES string of the molecule is CC(C)C(C)(O)CNC(=O)c1cc2ccccc2c(Cl)n1. The second kappa shape index (κ2) is 6.00. The zero-order valence-corrected chi connectivity index (χ0v) is 13.1. The van der Waals surface area contributed by atoms with E-state index in [4.69, 9.17) is 11.6 Å². The molecular formula is C16H19ClN2O2. The highest BCUT2D eigenvalue weighted by atomic mass is 35.5. The van der Waals surface area contributed by atoms with Gasteiger partial charge in [0.15, 0.2) is 0 Å². The minimum Gasteiger partial charge on any atom is -0.388 e. The molecular weight excluding hydrogens is 288 g/mol. The minimum absolute atomic E-state index is 0.0333. The molecule has 0 radical (unpaired) electrons. The average molecular weight is 307 g/mol. The number of aliphatic hydroxyl groups is 1. The fourth-order valence-corrected chi connectivity index (χ4v) is 2.09. The molecule has 0 spiro atoms. The zero-order chi connectivity index (χ0) is 15.6. The number of hydrogen-bond donors (Lipinski definition) is 2. The van der Waals surface area contributed by atoms with Crippen molar-refractivity contribution in [3.05, 3.63) is 41.2 Å². The predicted molar refractivity (Wildman–Crippen MR) is 84.5 cm³/mol. The number of nitrogens with zero attached hydrogens (tertiary/aromatic N) is 1. The van der Waals surface area contributed by atoms with E-state index in [2.05, 4.69) is 10.3 Å². The van der Waals surface area contributed by atoms with Gasteiger partial charge in [-0.05, 0) is 24.3 Å². The molecule has 2 aromatic rings. The van der Waals surface area contributed by atoms with E-state index >= 15 is 0 Å². The fourth-order valence-electron chi connectivity index (χ4n) is 1.83. The van der Waals surface area contributed by atoms with Crippen molar-refractivity contribution in [3.63, 3.8) is 0 Å². The number of aromatic nitrogens is 1. The maximum Gasteiger partial charge on any atom is 0.270 e. The molecule has 1 aromatic heterocycles. The van der Waals surface area contributed by atoms with E-state index in [9.17, 15) is 9.90 Å². The van der Waals surface area contributed by atoms with E-state index in [0.29, 0.717) is 5.15 Å². The molecule has 0 saturated heterocycles. The number of amides is 1. The molecule has 1 unspecified atom stereocenters. The summed E-state index contributed by atoms with van der Waals surface area (Å²) in [6.07, 6.45) is 0. The molecule has 1 amide bonds. The minimum atomic E-state index is -0.962. The number of carbonyl (C=O) groups excluding carboxylic acids is 1. The molecule has 112 valence electrons. The van der Waals surface area contributed by atoms with Crippen LogP contribution >= 0.6 is 11.6 Å². The molecule has 21 heavy (non-hydrogen) atoms. The summed E-state index contributed by atoms with van der Waals surface area (Å²) in [5, 5.41) is 14.8. The van der Waals surface area contributed by atoms with Crippen LogP contribution in [0.4, 0.5) is 0 Å². The van der Waals surface area contributed by atoms with Crippen LogP contribution in [0.25, 0.3) is 10.8 Å². The Hall–Kier alpha value is -1.65. The standard InChI is InChI=1S/C16H19ClN2O2/c1-10(2)16(3,21)9-18-15(20)13-8-11-6-4-5-7-12(11)14(17)19-13/h4-8,10,21H,9H2,1-3H3,(H,18,20). The third kappa shape index (κ3) is 3.52. The van der Waals surface area contributed by atoms with Gasteiger partial charge < -0.3 is 10.4 Å². The summed E-state index contributed by atoms with van der Waals surface area (Å²) in [7, 11) is 0. The molecule has 0 aliphatic heterocycles. The van der Waals surface area contributed by atoms with Gasteiger partial charge in [-0.15, -0.1) is 0 Å². The van der Waals surface area contributed by atoms with Gasteiger partial charge in [0.05, 0.1) is 5.60 Å². The Kier molecular flexibility index (Phi) is 4.49. The van der Waals surface area contributed by atoms with Crippen molar-refractivity contribution in [2.45, 2.75) is 26.4 Å². The highest BCUT2D eigenvalue weighted by Gasteiger charge is 2.25. The van der Waals surface area contributed by atoms with Gasteiger partial charge in [-0.1, -0.05) is 49.7 Å². The summed E-state index contributed by atoms with van der Waals surface area (Å²) in [6, 6.07) is 9.18. The third-order valence-electron chi connectivity index (χ3n) is 3.78. The summed E-state index contributed by atoms with van der Waals surface area (Å²) < 4.78 is 0. The zero-order valence-electron chi connectivity index (χ0n) is 12.4. The van der Waals surface area contributed by atoms with Crippen LogP contribution in [0.5, 0.6) is 0 Å². The molecule has 1 heterocycles. The normalized spacial score (nSPS) is 14.2. The van der Waals surface area contributed by atoms with Gasteiger partial charge >= 0.3 is 0 Å². The van der Waals surface area contributed by atoms with E-state index in [-0.39, 0.29) is 24.1 Å². The Bertz CT molecular complexity index is 668. The van der Waals surface area contributed by atoms with Gasteiger partial charge in [-0.3, -0.25) is 4.79 Å². The molecule has 1 atom stereocenters. The summed E-state index contributed by atoms with van der Waals surface area (Å²) in [5.41, 5.74) is -0.714. The monoisotopic (exact) mass is 306 g/mol. The van der Waals surface area contributed by atoms with Gasteiger partial charge in [-0.2, -0.15) is 0 Å². The molecule has 0 aliphatic rings. The van der Waals surface area contributed by atoms with Gasteiger partial charge in [-0.25, -0.2) is 4.98 Å². The van der Waals surface area contributed by atoms with Crippen molar-refractivity contribution < 1.29 is 9.90 Å². The van der Waals surface area contributed by atoms with Crippen molar-refractivity contribution in [2.24, 2.45) is 5.92 Å². The van der Waals surface area contributed by atoms with E-state index in [1.165, 1.54) is 0 Å². The van der Waals surface area contributed by atoms with Gasteiger partial charge in [0.25, 0.3) is 5.91 Å². The number of carbonyl (C=O) groups is 1. The lowest BCUT2D eigenvalue weighted by atomic mass is 9.92. The third-order valence-corrected chi connectivity index (χ3v) is 4.07. The Morgan fingerprint density at radius 2 is 2.10 bits per heavy atom. The lowest BCUT2D eigenvalue weighted by Crippen LogP contribution is -2.44. The fraction of sp³-hybridized carbons (Fsp3) is 0.375. The molecule has 4 nitrogen and oxygen atoms in total. The summed E-state index contributed by atoms with van der Waals surface area (Å²) in [5.74, 6) is -0.311.